The average Bonchev–Trinajstić information content (AvgIpc) is 2.72. The third-order valence-corrected chi connectivity index (χ3v) is 5.61. The lowest BCUT2D eigenvalue weighted by Crippen LogP contribution is -2.53. The monoisotopic (exact) mass is 522 g/mol. The minimum atomic E-state index is -5.10. The van der Waals surface area contributed by atoms with Gasteiger partial charge in [-0.15, -0.1) is 0 Å². The maximum Gasteiger partial charge on any atom is 0.452 e. The van der Waals surface area contributed by atoms with Crippen LogP contribution in [0.15, 0.2) is 42.5 Å². The molecule has 2 rings (SSSR count). The van der Waals surface area contributed by atoms with Gasteiger partial charge in [-0.2, -0.15) is 13.2 Å². The normalized spacial score (nSPS) is 13.2. The van der Waals surface area contributed by atoms with Crippen LogP contribution in [0.2, 0.25) is 15.1 Å². The summed E-state index contributed by atoms with van der Waals surface area (Å²) < 4.78 is 38.0. The summed E-state index contributed by atoms with van der Waals surface area (Å²) in [6, 6.07) is 8.31. The lowest BCUT2D eigenvalue weighted by atomic mass is 10.0. The zero-order valence-electron chi connectivity index (χ0n) is 17.3. The van der Waals surface area contributed by atoms with Crippen molar-refractivity contribution in [3.63, 3.8) is 0 Å². The second-order valence-corrected chi connectivity index (χ2v) is 8.55. The molecule has 2 amide bonds. The highest BCUT2D eigenvalue weighted by atomic mass is 35.5. The standard InChI is InChI=1S/C22H20Cl3F3N2O3/c1-12(20(32)22(26,27)28)29-21(33)18(11-14-3-2-4-15(23)9-14)30-19(31)8-6-13-5-7-16(24)17(25)10-13/h2-5,7,9-10,12,18H,6,8,11H2,1H3,(H,29,33)(H,30,31)/t12-,18-/m0/s1. The highest BCUT2D eigenvalue weighted by Gasteiger charge is 2.42. The Hall–Kier alpha value is -2.29. The number of hydrogen-bond donors (Lipinski definition) is 2. The molecule has 0 spiro atoms. The number of Topliss-reactive ketones (excluding diaryl/α,β-unsaturated/α-hetero) is 1. The van der Waals surface area contributed by atoms with Gasteiger partial charge in [0, 0.05) is 17.9 Å². The van der Waals surface area contributed by atoms with E-state index >= 15 is 0 Å². The molecule has 5 nitrogen and oxygen atoms in total. The number of hydrogen-bond acceptors (Lipinski definition) is 3. The van der Waals surface area contributed by atoms with Crippen molar-refractivity contribution in [3.05, 3.63) is 68.7 Å². The topological polar surface area (TPSA) is 75.3 Å². The highest BCUT2D eigenvalue weighted by Crippen LogP contribution is 2.23. The fourth-order valence-electron chi connectivity index (χ4n) is 2.95. The predicted molar refractivity (Wildman–Crippen MR) is 121 cm³/mol. The van der Waals surface area contributed by atoms with E-state index in [2.05, 4.69) is 5.32 Å². The van der Waals surface area contributed by atoms with E-state index in [4.69, 9.17) is 34.8 Å². The third-order valence-electron chi connectivity index (χ3n) is 4.64. The van der Waals surface area contributed by atoms with Crippen LogP contribution >= 0.6 is 34.8 Å². The molecular formula is C22H20Cl3F3N2O3. The van der Waals surface area contributed by atoms with E-state index in [0.717, 1.165) is 12.5 Å². The van der Waals surface area contributed by atoms with E-state index < -0.39 is 35.9 Å². The second-order valence-electron chi connectivity index (χ2n) is 7.29. The molecule has 0 bridgehead atoms. The molecule has 11 heteroatoms. The number of halogens is 6. The predicted octanol–water partition coefficient (Wildman–Crippen LogP) is 4.94. The summed E-state index contributed by atoms with van der Waals surface area (Å²) in [5.74, 6) is -3.54. The summed E-state index contributed by atoms with van der Waals surface area (Å²) in [6.45, 7) is 0.927. The summed E-state index contributed by atoms with van der Waals surface area (Å²) in [7, 11) is 0. The average molecular weight is 524 g/mol. The molecule has 0 saturated carbocycles. The summed E-state index contributed by atoms with van der Waals surface area (Å²) in [5.41, 5.74) is 1.31. The Balaban J connectivity index is 2.10. The molecule has 0 aliphatic heterocycles. The maximum atomic E-state index is 12.7. The van der Waals surface area contributed by atoms with Crippen LogP contribution in [0.4, 0.5) is 13.2 Å². The Morgan fingerprint density at radius 3 is 2.24 bits per heavy atom. The lowest BCUT2D eigenvalue weighted by Gasteiger charge is -2.22. The quantitative estimate of drug-likeness (QED) is 0.489. The molecule has 2 aromatic rings. The van der Waals surface area contributed by atoms with Gasteiger partial charge in [-0.25, -0.2) is 0 Å². The fraction of sp³-hybridized carbons (Fsp3) is 0.318. The number of benzene rings is 2. The first-order valence-electron chi connectivity index (χ1n) is 9.76. The number of alkyl halides is 3. The van der Waals surface area contributed by atoms with Gasteiger partial charge in [-0.3, -0.25) is 14.4 Å². The van der Waals surface area contributed by atoms with Crippen molar-refractivity contribution >= 4 is 52.4 Å². The van der Waals surface area contributed by atoms with Gasteiger partial charge in [-0.1, -0.05) is 53.0 Å². The van der Waals surface area contributed by atoms with Gasteiger partial charge in [-0.05, 0) is 48.7 Å². The Morgan fingerprint density at radius 1 is 0.939 bits per heavy atom. The zero-order chi connectivity index (χ0) is 24.8. The lowest BCUT2D eigenvalue weighted by molar-refractivity contribution is -0.173. The van der Waals surface area contributed by atoms with Crippen molar-refractivity contribution in [2.75, 3.05) is 0 Å². The second kappa shape index (κ2) is 11.7. The first-order chi connectivity index (χ1) is 15.4. The molecule has 0 aliphatic carbocycles. The number of ketones is 1. The number of rotatable bonds is 9. The maximum absolute atomic E-state index is 12.7. The number of nitrogens with one attached hydrogen (secondary N) is 2. The van der Waals surface area contributed by atoms with Crippen LogP contribution in [0.25, 0.3) is 0 Å². The molecule has 0 heterocycles. The van der Waals surface area contributed by atoms with Crippen LogP contribution in [0.3, 0.4) is 0 Å². The van der Waals surface area contributed by atoms with Gasteiger partial charge in [0.25, 0.3) is 5.78 Å². The van der Waals surface area contributed by atoms with Gasteiger partial charge >= 0.3 is 6.18 Å². The molecule has 0 unspecified atom stereocenters. The van der Waals surface area contributed by atoms with E-state index in [9.17, 15) is 27.6 Å². The largest absolute Gasteiger partial charge is 0.452 e. The molecule has 2 N–H and O–H groups in total. The number of carbonyl (C=O) groups excluding carboxylic acids is 3. The molecule has 0 saturated heterocycles. The number of carbonyl (C=O) groups is 3. The SMILES string of the molecule is C[C@H](NC(=O)[C@H](Cc1cccc(Cl)c1)NC(=O)CCc1ccc(Cl)c(Cl)c1)C(=O)C(F)(F)F. The molecule has 0 aromatic heterocycles. The minimum Gasteiger partial charge on any atom is -0.344 e. The molecule has 0 aliphatic rings. The fourth-order valence-corrected chi connectivity index (χ4v) is 3.49. The van der Waals surface area contributed by atoms with E-state index in [1.807, 2.05) is 5.32 Å². The van der Waals surface area contributed by atoms with E-state index in [-0.39, 0.29) is 19.3 Å². The van der Waals surface area contributed by atoms with E-state index in [1.165, 1.54) is 0 Å². The number of amides is 2. The van der Waals surface area contributed by atoms with Crippen molar-refractivity contribution in [1.82, 2.24) is 10.6 Å². The van der Waals surface area contributed by atoms with Crippen molar-refractivity contribution in [1.29, 1.82) is 0 Å². The van der Waals surface area contributed by atoms with Crippen LogP contribution in [0.5, 0.6) is 0 Å². The Kier molecular flexibility index (Phi) is 9.57. The Bertz CT molecular complexity index is 1030. The summed E-state index contributed by atoms with van der Waals surface area (Å²) >= 11 is 17.8. The first kappa shape index (κ1) is 27.0. The number of aryl methyl sites for hydroxylation is 1. The van der Waals surface area contributed by atoms with Crippen molar-refractivity contribution in [2.24, 2.45) is 0 Å². The molecule has 0 fully saturated rings. The minimum absolute atomic E-state index is 0.0195. The summed E-state index contributed by atoms with van der Waals surface area (Å²) in [5, 5.41) is 5.63. The van der Waals surface area contributed by atoms with Gasteiger partial charge < -0.3 is 10.6 Å². The molecular weight excluding hydrogens is 504 g/mol. The van der Waals surface area contributed by atoms with Crippen LogP contribution in [0, 0.1) is 0 Å². The zero-order valence-corrected chi connectivity index (χ0v) is 19.6. The smallest absolute Gasteiger partial charge is 0.344 e. The van der Waals surface area contributed by atoms with E-state index in [1.54, 1.807) is 42.5 Å². The molecule has 0 radical (unpaired) electrons. The molecule has 178 valence electrons. The van der Waals surface area contributed by atoms with Gasteiger partial charge in [0.05, 0.1) is 16.1 Å². The van der Waals surface area contributed by atoms with Gasteiger partial charge in [0.1, 0.15) is 6.04 Å². The Morgan fingerprint density at radius 2 is 1.64 bits per heavy atom. The summed E-state index contributed by atoms with van der Waals surface area (Å²) in [6.07, 6.45) is -4.87. The highest BCUT2D eigenvalue weighted by molar-refractivity contribution is 6.42. The first-order valence-corrected chi connectivity index (χ1v) is 10.9. The van der Waals surface area contributed by atoms with Crippen molar-refractivity contribution < 1.29 is 27.6 Å². The summed E-state index contributed by atoms with van der Waals surface area (Å²) in [4.78, 5) is 36.5. The Labute approximate surface area is 203 Å². The van der Waals surface area contributed by atoms with Crippen LogP contribution in [0.1, 0.15) is 24.5 Å². The third kappa shape index (κ3) is 8.53. The van der Waals surface area contributed by atoms with Crippen LogP contribution in [-0.2, 0) is 27.2 Å². The van der Waals surface area contributed by atoms with Crippen molar-refractivity contribution in [2.45, 2.75) is 44.4 Å². The van der Waals surface area contributed by atoms with Gasteiger partial charge in [0.15, 0.2) is 0 Å². The van der Waals surface area contributed by atoms with Crippen molar-refractivity contribution in [3.8, 4) is 0 Å². The molecule has 2 atom stereocenters. The molecule has 2 aromatic carbocycles. The van der Waals surface area contributed by atoms with Crippen LogP contribution < -0.4 is 10.6 Å². The van der Waals surface area contributed by atoms with Crippen LogP contribution in [-0.4, -0.2) is 35.9 Å². The van der Waals surface area contributed by atoms with Gasteiger partial charge in [0.2, 0.25) is 11.8 Å². The molecule has 33 heavy (non-hydrogen) atoms. The van der Waals surface area contributed by atoms with E-state index in [0.29, 0.717) is 20.6 Å².